The van der Waals surface area contributed by atoms with E-state index >= 15 is 0 Å². The molecule has 0 aliphatic carbocycles. The molecule has 0 unspecified atom stereocenters. The Morgan fingerprint density at radius 2 is 2.40 bits per heavy atom. The quantitative estimate of drug-likeness (QED) is 0.686. The second-order valence-corrected chi connectivity index (χ2v) is 7.07. The van der Waals surface area contributed by atoms with Crippen LogP contribution in [0.15, 0.2) is 23.6 Å². The number of fused-ring (bicyclic) bond motifs is 1. The SMILES string of the molecule is C#C/C=C\c1sc2c(NCc3cccs3)snc2c1C. The largest absolute Gasteiger partial charge is 0.370 e. The normalized spacial score (nSPS) is 11.2. The summed E-state index contributed by atoms with van der Waals surface area (Å²) in [6.45, 7) is 2.94. The number of aryl methyl sites for hydroxylation is 1. The molecule has 3 aromatic rings. The Labute approximate surface area is 130 Å². The lowest BCUT2D eigenvalue weighted by Crippen LogP contribution is -1.94. The third-order valence-corrected chi connectivity index (χ3v) is 5.99. The van der Waals surface area contributed by atoms with E-state index < -0.39 is 0 Å². The van der Waals surface area contributed by atoms with Crippen molar-refractivity contribution in [2.24, 2.45) is 0 Å². The molecule has 0 spiro atoms. The van der Waals surface area contributed by atoms with Crippen molar-refractivity contribution >= 4 is 55.5 Å². The number of thiophene rings is 2. The molecule has 0 saturated carbocycles. The van der Waals surface area contributed by atoms with E-state index in [0.717, 1.165) is 17.1 Å². The maximum absolute atomic E-state index is 5.27. The van der Waals surface area contributed by atoms with Crippen molar-refractivity contribution in [3.05, 3.63) is 38.9 Å². The molecular weight excluding hydrogens is 304 g/mol. The number of nitrogens with one attached hydrogen (secondary N) is 1. The summed E-state index contributed by atoms with van der Waals surface area (Å²) in [5.74, 6) is 2.53. The van der Waals surface area contributed by atoms with Gasteiger partial charge in [-0.15, -0.1) is 29.1 Å². The Hall–Kier alpha value is -1.61. The molecule has 0 atom stereocenters. The average Bonchev–Trinajstić information content (AvgIpc) is 3.14. The van der Waals surface area contributed by atoms with E-state index in [4.69, 9.17) is 6.42 Å². The summed E-state index contributed by atoms with van der Waals surface area (Å²) in [5, 5.41) is 6.71. The van der Waals surface area contributed by atoms with Gasteiger partial charge in [0.1, 0.15) is 10.5 Å². The molecule has 0 amide bonds. The van der Waals surface area contributed by atoms with Crippen LogP contribution in [0.2, 0.25) is 0 Å². The number of anilines is 1. The maximum Gasteiger partial charge on any atom is 0.127 e. The Balaban J connectivity index is 1.89. The second-order valence-electron chi connectivity index (χ2n) is 4.21. The summed E-state index contributed by atoms with van der Waals surface area (Å²) >= 11 is 5.03. The molecule has 3 rings (SSSR count). The standard InChI is InChI=1S/C15H12N2S3/c1-3-4-7-12-10(2)13-14(19-12)15(20-17-13)16-9-11-6-5-8-18-11/h1,4-8,16H,9H2,2H3/b7-4-. The van der Waals surface area contributed by atoms with Crippen molar-refractivity contribution in [1.82, 2.24) is 4.37 Å². The average molecular weight is 316 g/mol. The van der Waals surface area contributed by atoms with Crippen LogP contribution in [-0.2, 0) is 6.54 Å². The van der Waals surface area contributed by atoms with Crippen molar-refractivity contribution in [2.45, 2.75) is 13.5 Å². The van der Waals surface area contributed by atoms with Crippen LogP contribution in [0.3, 0.4) is 0 Å². The molecule has 0 aromatic carbocycles. The predicted molar refractivity (Wildman–Crippen MR) is 91.7 cm³/mol. The first-order valence-electron chi connectivity index (χ1n) is 6.07. The van der Waals surface area contributed by atoms with Crippen LogP contribution in [0, 0.1) is 19.3 Å². The summed E-state index contributed by atoms with van der Waals surface area (Å²) in [5.41, 5.74) is 2.29. The third-order valence-electron chi connectivity index (χ3n) is 2.92. The number of hydrogen-bond donors (Lipinski definition) is 1. The van der Waals surface area contributed by atoms with Crippen LogP contribution in [-0.4, -0.2) is 4.37 Å². The zero-order valence-corrected chi connectivity index (χ0v) is 13.3. The molecular formula is C15H12N2S3. The zero-order chi connectivity index (χ0) is 13.9. The molecule has 3 heterocycles. The van der Waals surface area contributed by atoms with Gasteiger partial charge in [-0.25, -0.2) is 0 Å². The van der Waals surface area contributed by atoms with Gasteiger partial charge in [0.15, 0.2) is 0 Å². The predicted octanol–water partition coefficient (Wildman–Crippen LogP) is 4.99. The Morgan fingerprint density at radius 1 is 1.50 bits per heavy atom. The van der Waals surface area contributed by atoms with Crippen LogP contribution < -0.4 is 5.32 Å². The third kappa shape index (κ3) is 2.50. The molecule has 0 aliphatic rings. The van der Waals surface area contributed by atoms with Crippen LogP contribution in [0.5, 0.6) is 0 Å². The van der Waals surface area contributed by atoms with E-state index in [0.29, 0.717) is 0 Å². The molecule has 0 aliphatic heterocycles. The minimum Gasteiger partial charge on any atom is -0.370 e. The fourth-order valence-electron chi connectivity index (χ4n) is 1.89. The zero-order valence-electron chi connectivity index (χ0n) is 10.8. The lowest BCUT2D eigenvalue weighted by atomic mass is 10.2. The number of aromatic nitrogens is 1. The summed E-state index contributed by atoms with van der Waals surface area (Å²) < 4.78 is 5.78. The lowest BCUT2D eigenvalue weighted by molar-refractivity contribution is 1.21. The Morgan fingerprint density at radius 3 is 3.15 bits per heavy atom. The van der Waals surface area contributed by atoms with E-state index in [-0.39, 0.29) is 0 Å². The monoisotopic (exact) mass is 316 g/mol. The van der Waals surface area contributed by atoms with Gasteiger partial charge in [0.2, 0.25) is 0 Å². The fraction of sp³-hybridized carbons (Fsp3) is 0.133. The summed E-state index contributed by atoms with van der Waals surface area (Å²) in [7, 11) is 0. The van der Waals surface area contributed by atoms with Gasteiger partial charge in [-0.3, -0.25) is 0 Å². The van der Waals surface area contributed by atoms with E-state index in [1.807, 2.05) is 6.08 Å². The minimum atomic E-state index is 0.849. The summed E-state index contributed by atoms with van der Waals surface area (Å²) in [6, 6.07) is 4.21. The molecule has 0 saturated heterocycles. The number of allylic oxidation sites excluding steroid dienone is 1. The van der Waals surface area contributed by atoms with Gasteiger partial charge in [0, 0.05) is 9.75 Å². The van der Waals surface area contributed by atoms with Gasteiger partial charge in [0.05, 0.1) is 11.2 Å². The highest BCUT2D eigenvalue weighted by atomic mass is 32.1. The topological polar surface area (TPSA) is 24.9 Å². The van der Waals surface area contributed by atoms with Crippen LogP contribution in [0.25, 0.3) is 16.3 Å². The number of hydrogen-bond acceptors (Lipinski definition) is 5. The van der Waals surface area contributed by atoms with Crippen molar-refractivity contribution in [3.8, 4) is 12.3 Å². The highest BCUT2D eigenvalue weighted by Gasteiger charge is 2.14. The first kappa shape index (κ1) is 13.4. The Bertz CT molecular complexity index is 785. The van der Waals surface area contributed by atoms with Gasteiger partial charge < -0.3 is 5.32 Å². The lowest BCUT2D eigenvalue weighted by Gasteiger charge is -1.99. The molecule has 5 heteroatoms. The molecule has 0 bridgehead atoms. The van der Waals surface area contributed by atoms with Gasteiger partial charge in [-0.1, -0.05) is 12.0 Å². The van der Waals surface area contributed by atoms with Crippen molar-refractivity contribution in [3.63, 3.8) is 0 Å². The van der Waals surface area contributed by atoms with Crippen molar-refractivity contribution < 1.29 is 0 Å². The van der Waals surface area contributed by atoms with Gasteiger partial charge >= 0.3 is 0 Å². The molecule has 2 nitrogen and oxygen atoms in total. The van der Waals surface area contributed by atoms with E-state index in [1.54, 1.807) is 28.7 Å². The van der Waals surface area contributed by atoms with E-state index in [9.17, 15) is 0 Å². The Kier molecular flexibility index (Phi) is 3.88. The molecule has 100 valence electrons. The van der Waals surface area contributed by atoms with Crippen molar-refractivity contribution in [2.75, 3.05) is 5.32 Å². The maximum atomic E-state index is 5.27. The van der Waals surface area contributed by atoms with E-state index in [1.165, 1.54) is 31.6 Å². The molecule has 1 N–H and O–H groups in total. The number of rotatable bonds is 4. The smallest absolute Gasteiger partial charge is 0.127 e. The van der Waals surface area contributed by atoms with Crippen molar-refractivity contribution in [1.29, 1.82) is 0 Å². The minimum absolute atomic E-state index is 0.849. The molecule has 3 aromatic heterocycles. The second kappa shape index (κ2) is 5.80. The van der Waals surface area contributed by atoms with E-state index in [2.05, 4.69) is 40.0 Å². The molecule has 20 heavy (non-hydrogen) atoms. The van der Waals surface area contributed by atoms with Crippen LogP contribution in [0.4, 0.5) is 5.00 Å². The highest BCUT2D eigenvalue weighted by Crippen LogP contribution is 2.39. The number of terminal acetylenes is 1. The molecule has 0 fully saturated rings. The summed E-state index contributed by atoms with van der Waals surface area (Å²) in [4.78, 5) is 2.51. The van der Waals surface area contributed by atoms with Gasteiger partial charge in [-0.2, -0.15) is 4.37 Å². The van der Waals surface area contributed by atoms with Gasteiger partial charge in [-0.05, 0) is 47.6 Å². The molecule has 0 radical (unpaired) electrons. The van der Waals surface area contributed by atoms with Crippen LogP contribution in [0.1, 0.15) is 15.3 Å². The number of nitrogens with zero attached hydrogens (tertiary/aromatic N) is 1. The fourth-order valence-corrected chi connectivity index (χ4v) is 4.63. The first-order valence-corrected chi connectivity index (χ1v) is 8.54. The van der Waals surface area contributed by atoms with Gasteiger partial charge in [0.25, 0.3) is 0 Å². The first-order chi connectivity index (χ1) is 9.79. The summed E-state index contributed by atoms with van der Waals surface area (Å²) in [6.07, 6.45) is 8.99. The van der Waals surface area contributed by atoms with Crippen LogP contribution >= 0.6 is 34.2 Å². The highest BCUT2D eigenvalue weighted by molar-refractivity contribution is 7.25.